The molecule has 9 heteroatoms. The maximum Gasteiger partial charge on any atom is 0.246 e. The van der Waals surface area contributed by atoms with Gasteiger partial charge < -0.3 is 20.6 Å². The van der Waals surface area contributed by atoms with Crippen LogP contribution in [0.15, 0.2) is 0 Å². The number of hydrogen-bond donors (Lipinski definition) is 3. The number of thioether (sulfide) groups is 1. The van der Waals surface area contributed by atoms with E-state index in [0.29, 0.717) is 18.6 Å². The van der Waals surface area contributed by atoms with Gasteiger partial charge in [0.05, 0.1) is 6.61 Å². The first-order valence-electron chi connectivity index (χ1n) is 8.78. The molecule has 0 aromatic carbocycles. The number of aliphatic hydroxyl groups excluding tert-OH is 1. The molecule has 26 heavy (non-hydrogen) atoms. The molecule has 1 heterocycles. The lowest BCUT2D eigenvalue weighted by molar-refractivity contribution is -0.141. The second kappa shape index (κ2) is 10.5. The van der Waals surface area contributed by atoms with Crippen molar-refractivity contribution in [3.8, 4) is 0 Å². The van der Waals surface area contributed by atoms with Crippen LogP contribution in [0.5, 0.6) is 0 Å². The summed E-state index contributed by atoms with van der Waals surface area (Å²) in [7, 11) is 0. The highest BCUT2D eigenvalue weighted by Crippen LogP contribution is 2.23. The Balaban J connectivity index is 2.83. The smallest absolute Gasteiger partial charge is 0.246 e. The third kappa shape index (κ3) is 5.70. The standard InChI is InChI=1S/C17H29N3O5S/c1-5-15(23)14(9-21)20-10(2)8-13(17(20)25)19-16(24)12(6-7-26-4)18-11(3)22/h10,12-14,21H,5-9H2,1-4H3,(H,18,22)(H,19,24). The van der Waals surface area contributed by atoms with Crippen LogP contribution in [-0.4, -0.2) is 76.3 Å². The molecular formula is C17H29N3O5S. The fourth-order valence-corrected chi connectivity index (χ4v) is 3.61. The second-order valence-electron chi connectivity index (χ2n) is 6.44. The van der Waals surface area contributed by atoms with E-state index in [1.54, 1.807) is 25.6 Å². The summed E-state index contributed by atoms with van der Waals surface area (Å²) in [4.78, 5) is 49.9. The number of hydrogen-bond acceptors (Lipinski definition) is 6. The van der Waals surface area contributed by atoms with Crippen molar-refractivity contribution >= 4 is 35.3 Å². The summed E-state index contributed by atoms with van der Waals surface area (Å²) in [6, 6.07) is -2.62. The van der Waals surface area contributed by atoms with Crippen LogP contribution in [0.25, 0.3) is 0 Å². The molecule has 0 saturated carbocycles. The fourth-order valence-electron chi connectivity index (χ4n) is 3.14. The molecule has 1 saturated heterocycles. The monoisotopic (exact) mass is 387 g/mol. The lowest BCUT2D eigenvalue weighted by Gasteiger charge is -2.29. The molecule has 1 aliphatic heterocycles. The maximum absolute atomic E-state index is 12.7. The molecule has 1 fully saturated rings. The van der Waals surface area contributed by atoms with Gasteiger partial charge in [0, 0.05) is 19.4 Å². The third-order valence-electron chi connectivity index (χ3n) is 4.45. The van der Waals surface area contributed by atoms with E-state index in [1.165, 1.54) is 11.8 Å². The molecule has 0 aliphatic carbocycles. The molecule has 0 bridgehead atoms. The number of likely N-dealkylation sites (tertiary alicyclic amines) is 1. The average Bonchev–Trinajstić information content (AvgIpc) is 2.86. The summed E-state index contributed by atoms with van der Waals surface area (Å²) in [5.74, 6) is -0.623. The lowest BCUT2D eigenvalue weighted by atomic mass is 10.1. The van der Waals surface area contributed by atoms with Crippen LogP contribution in [0.4, 0.5) is 0 Å². The zero-order valence-electron chi connectivity index (χ0n) is 15.8. The highest BCUT2D eigenvalue weighted by molar-refractivity contribution is 7.98. The van der Waals surface area contributed by atoms with E-state index in [1.807, 2.05) is 6.26 Å². The second-order valence-corrected chi connectivity index (χ2v) is 7.43. The van der Waals surface area contributed by atoms with Crippen LogP contribution in [0, 0.1) is 0 Å². The number of nitrogens with one attached hydrogen (secondary N) is 2. The highest BCUT2D eigenvalue weighted by Gasteiger charge is 2.43. The minimum atomic E-state index is -0.882. The van der Waals surface area contributed by atoms with Gasteiger partial charge >= 0.3 is 0 Å². The van der Waals surface area contributed by atoms with Crippen molar-refractivity contribution in [2.75, 3.05) is 18.6 Å². The molecule has 0 aromatic rings. The minimum absolute atomic E-state index is 0.212. The van der Waals surface area contributed by atoms with Crippen LogP contribution >= 0.6 is 11.8 Å². The highest BCUT2D eigenvalue weighted by atomic mass is 32.2. The number of aliphatic hydroxyl groups is 1. The zero-order valence-corrected chi connectivity index (χ0v) is 16.6. The molecule has 0 aromatic heterocycles. The van der Waals surface area contributed by atoms with Crippen LogP contribution in [-0.2, 0) is 19.2 Å². The number of Topliss-reactive ketones (excluding diaryl/α,β-unsaturated/α-hetero) is 1. The van der Waals surface area contributed by atoms with E-state index in [0.717, 1.165) is 0 Å². The quantitative estimate of drug-likeness (QED) is 0.474. The molecule has 0 spiro atoms. The molecule has 4 atom stereocenters. The van der Waals surface area contributed by atoms with Crippen molar-refractivity contribution in [2.24, 2.45) is 0 Å². The Labute approximate surface area is 158 Å². The lowest BCUT2D eigenvalue weighted by Crippen LogP contribution is -2.53. The van der Waals surface area contributed by atoms with Gasteiger partial charge in [-0.15, -0.1) is 0 Å². The molecule has 1 rings (SSSR count). The van der Waals surface area contributed by atoms with Crippen LogP contribution in [0.2, 0.25) is 0 Å². The van der Waals surface area contributed by atoms with Gasteiger partial charge in [-0.3, -0.25) is 19.2 Å². The third-order valence-corrected chi connectivity index (χ3v) is 5.10. The zero-order chi connectivity index (χ0) is 19.9. The number of ketones is 1. The van der Waals surface area contributed by atoms with E-state index in [9.17, 15) is 24.3 Å². The summed E-state index contributed by atoms with van der Waals surface area (Å²) in [5.41, 5.74) is 0. The maximum atomic E-state index is 12.7. The normalized spacial score (nSPS) is 22.0. The number of carbonyl (C=O) groups is 4. The van der Waals surface area contributed by atoms with Crippen molar-refractivity contribution in [2.45, 2.75) is 64.2 Å². The van der Waals surface area contributed by atoms with E-state index in [2.05, 4.69) is 10.6 Å². The van der Waals surface area contributed by atoms with Gasteiger partial charge in [-0.25, -0.2) is 0 Å². The summed E-state index contributed by atoms with van der Waals surface area (Å²) >= 11 is 1.56. The SMILES string of the molecule is CCC(=O)C(CO)N1C(=O)C(NC(=O)C(CCSC)NC(C)=O)CC1C. The fraction of sp³-hybridized carbons (Fsp3) is 0.765. The van der Waals surface area contributed by atoms with Crippen molar-refractivity contribution in [1.29, 1.82) is 0 Å². The first-order valence-corrected chi connectivity index (χ1v) is 10.2. The van der Waals surface area contributed by atoms with Crippen LogP contribution in [0.1, 0.15) is 40.0 Å². The number of nitrogens with zero attached hydrogens (tertiary/aromatic N) is 1. The number of carbonyl (C=O) groups excluding carboxylic acids is 4. The van der Waals surface area contributed by atoms with Gasteiger partial charge in [-0.1, -0.05) is 6.92 Å². The van der Waals surface area contributed by atoms with E-state index >= 15 is 0 Å². The van der Waals surface area contributed by atoms with Gasteiger partial charge in [0.15, 0.2) is 5.78 Å². The summed E-state index contributed by atoms with van der Waals surface area (Å²) < 4.78 is 0. The van der Waals surface area contributed by atoms with E-state index in [-0.39, 0.29) is 30.1 Å². The first-order chi connectivity index (χ1) is 12.3. The van der Waals surface area contributed by atoms with Crippen molar-refractivity contribution in [3.63, 3.8) is 0 Å². The Morgan fingerprint density at radius 1 is 1.38 bits per heavy atom. The summed E-state index contributed by atoms with van der Waals surface area (Å²) in [6.07, 6.45) is 2.94. The largest absolute Gasteiger partial charge is 0.394 e. The topological polar surface area (TPSA) is 116 Å². The molecule has 4 unspecified atom stereocenters. The molecule has 8 nitrogen and oxygen atoms in total. The molecule has 148 valence electrons. The Bertz CT molecular complexity index is 542. The van der Waals surface area contributed by atoms with E-state index < -0.39 is 30.6 Å². The average molecular weight is 388 g/mol. The molecule has 1 aliphatic rings. The Morgan fingerprint density at radius 3 is 2.54 bits per heavy atom. The van der Waals surface area contributed by atoms with Crippen molar-refractivity contribution < 1.29 is 24.3 Å². The van der Waals surface area contributed by atoms with Gasteiger partial charge in [-0.2, -0.15) is 11.8 Å². The van der Waals surface area contributed by atoms with Gasteiger partial charge in [0.1, 0.15) is 18.1 Å². The van der Waals surface area contributed by atoms with Crippen molar-refractivity contribution in [3.05, 3.63) is 0 Å². The van der Waals surface area contributed by atoms with Gasteiger partial charge in [0.2, 0.25) is 17.7 Å². The Kier molecular flexibility index (Phi) is 9.07. The number of amides is 3. The molecular weight excluding hydrogens is 358 g/mol. The number of rotatable bonds is 10. The molecule has 3 N–H and O–H groups in total. The first kappa shape index (κ1) is 22.4. The summed E-state index contributed by atoms with van der Waals surface area (Å²) in [6.45, 7) is 4.37. The van der Waals surface area contributed by atoms with Crippen LogP contribution < -0.4 is 10.6 Å². The minimum Gasteiger partial charge on any atom is -0.394 e. The Morgan fingerprint density at radius 2 is 2.04 bits per heavy atom. The van der Waals surface area contributed by atoms with Crippen LogP contribution in [0.3, 0.4) is 0 Å². The van der Waals surface area contributed by atoms with Gasteiger partial charge in [-0.05, 0) is 31.8 Å². The predicted octanol–water partition coefficient (Wildman–Crippen LogP) is -0.310. The predicted molar refractivity (Wildman–Crippen MR) is 99.6 cm³/mol. The molecule has 3 amide bonds. The summed E-state index contributed by atoms with van der Waals surface area (Å²) in [5, 5.41) is 14.8. The van der Waals surface area contributed by atoms with E-state index in [4.69, 9.17) is 0 Å². The molecule has 0 radical (unpaired) electrons. The van der Waals surface area contributed by atoms with Gasteiger partial charge in [0.25, 0.3) is 0 Å². The van der Waals surface area contributed by atoms with Crippen molar-refractivity contribution in [1.82, 2.24) is 15.5 Å². The Hall–Kier alpha value is -1.61.